The van der Waals surface area contributed by atoms with Crippen molar-refractivity contribution in [3.8, 4) is 0 Å². The molecule has 7 heteroatoms. The minimum atomic E-state index is -3.58. The van der Waals surface area contributed by atoms with E-state index in [2.05, 4.69) is 14.7 Å². The van der Waals surface area contributed by atoms with Crippen molar-refractivity contribution < 1.29 is 8.42 Å². The Morgan fingerprint density at radius 1 is 1.09 bits per heavy atom. The lowest BCUT2D eigenvalue weighted by atomic mass is 10.2. The summed E-state index contributed by atoms with van der Waals surface area (Å²) in [5, 5.41) is 0. The Balaban J connectivity index is 2.22. The molecule has 0 unspecified atom stereocenters. The van der Waals surface area contributed by atoms with E-state index >= 15 is 0 Å². The number of benzene rings is 1. The fourth-order valence-corrected chi connectivity index (χ4v) is 3.48. The number of nitrogens with zero attached hydrogens (tertiary/aromatic N) is 3. The van der Waals surface area contributed by atoms with E-state index in [0.29, 0.717) is 16.5 Å². The summed E-state index contributed by atoms with van der Waals surface area (Å²) in [4.78, 5) is 10.7. The molecule has 0 amide bonds. The molecule has 23 heavy (non-hydrogen) atoms. The lowest BCUT2D eigenvalue weighted by Gasteiger charge is -2.13. The Kier molecular flexibility index (Phi) is 5.01. The van der Waals surface area contributed by atoms with Crippen LogP contribution in [0, 0.1) is 20.8 Å². The molecule has 0 aliphatic carbocycles. The molecule has 0 aliphatic heterocycles. The molecule has 2 aromatic rings. The molecule has 124 valence electrons. The van der Waals surface area contributed by atoms with E-state index in [1.54, 1.807) is 30.0 Å². The van der Waals surface area contributed by atoms with Crippen molar-refractivity contribution in [1.29, 1.82) is 0 Å². The third-order valence-electron chi connectivity index (χ3n) is 3.36. The lowest BCUT2D eigenvalue weighted by molar-refractivity contribution is 0.579. The van der Waals surface area contributed by atoms with Crippen molar-refractivity contribution in [3.63, 3.8) is 0 Å². The molecule has 0 bridgehead atoms. The summed E-state index contributed by atoms with van der Waals surface area (Å²) in [6, 6.07) is 7.05. The molecule has 1 heterocycles. The van der Waals surface area contributed by atoms with Crippen LogP contribution in [0.2, 0.25) is 0 Å². The zero-order valence-corrected chi connectivity index (χ0v) is 14.9. The van der Waals surface area contributed by atoms with Gasteiger partial charge < -0.3 is 4.90 Å². The molecule has 2 rings (SSSR count). The SMILES string of the molecule is Cc1ccc(S(=O)(=O)NCc2cc(C)nc(N(C)C)n2)c(C)c1. The number of anilines is 1. The first-order chi connectivity index (χ1) is 10.7. The molecule has 0 spiro atoms. The molecule has 0 fully saturated rings. The number of hydrogen-bond donors (Lipinski definition) is 1. The van der Waals surface area contributed by atoms with Gasteiger partial charge in [-0.1, -0.05) is 17.7 Å². The smallest absolute Gasteiger partial charge is 0.241 e. The van der Waals surface area contributed by atoms with Gasteiger partial charge in [0.1, 0.15) is 0 Å². The highest BCUT2D eigenvalue weighted by Gasteiger charge is 2.17. The van der Waals surface area contributed by atoms with Crippen LogP contribution in [-0.4, -0.2) is 32.5 Å². The van der Waals surface area contributed by atoms with Crippen molar-refractivity contribution >= 4 is 16.0 Å². The third-order valence-corrected chi connectivity index (χ3v) is 4.92. The minimum absolute atomic E-state index is 0.125. The zero-order chi connectivity index (χ0) is 17.2. The highest BCUT2D eigenvalue weighted by molar-refractivity contribution is 7.89. The zero-order valence-electron chi connectivity index (χ0n) is 14.1. The predicted molar refractivity (Wildman–Crippen MR) is 91.0 cm³/mol. The predicted octanol–water partition coefficient (Wildman–Crippen LogP) is 1.95. The van der Waals surface area contributed by atoms with Crippen LogP contribution in [0.4, 0.5) is 5.95 Å². The number of rotatable bonds is 5. The first-order valence-corrected chi connectivity index (χ1v) is 8.76. The molecule has 0 saturated heterocycles. The van der Waals surface area contributed by atoms with Gasteiger partial charge in [-0.15, -0.1) is 0 Å². The van der Waals surface area contributed by atoms with E-state index in [-0.39, 0.29) is 6.54 Å². The summed E-state index contributed by atoms with van der Waals surface area (Å²) in [7, 11) is 0.115. The summed E-state index contributed by atoms with van der Waals surface area (Å²) in [6.45, 7) is 5.71. The number of sulfonamides is 1. The van der Waals surface area contributed by atoms with Gasteiger partial charge in [-0.3, -0.25) is 0 Å². The standard InChI is InChI=1S/C16H22N4O2S/c1-11-6-7-15(12(2)8-11)23(21,22)17-10-14-9-13(3)18-16(19-14)20(4)5/h6-9,17H,10H2,1-5H3. The van der Waals surface area contributed by atoms with Crippen LogP contribution in [0.25, 0.3) is 0 Å². The highest BCUT2D eigenvalue weighted by Crippen LogP contribution is 2.17. The quantitative estimate of drug-likeness (QED) is 0.904. The molecule has 0 atom stereocenters. The first-order valence-electron chi connectivity index (χ1n) is 7.28. The Bertz CT molecular complexity index is 817. The van der Waals surface area contributed by atoms with Crippen molar-refractivity contribution in [1.82, 2.24) is 14.7 Å². The molecule has 6 nitrogen and oxygen atoms in total. The Morgan fingerprint density at radius 3 is 2.39 bits per heavy atom. The molecule has 0 saturated carbocycles. The van der Waals surface area contributed by atoms with Crippen LogP contribution < -0.4 is 9.62 Å². The third kappa shape index (κ3) is 4.27. The second-order valence-electron chi connectivity index (χ2n) is 5.79. The van der Waals surface area contributed by atoms with Crippen LogP contribution in [0.15, 0.2) is 29.2 Å². The molecule has 1 aromatic heterocycles. The van der Waals surface area contributed by atoms with Crippen LogP contribution in [-0.2, 0) is 16.6 Å². The van der Waals surface area contributed by atoms with Gasteiger partial charge in [-0.25, -0.2) is 23.1 Å². The van der Waals surface area contributed by atoms with Crippen LogP contribution in [0.3, 0.4) is 0 Å². The van der Waals surface area contributed by atoms with Gasteiger partial charge in [0.05, 0.1) is 17.1 Å². The van der Waals surface area contributed by atoms with Crippen LogP contribution >= 0.6 is 0 Å². The van der Waals surface area contributed by atoms with Crippen molar-refractivity contribution in [2.24, 2.45) is 0 Å². The second kappa shape index (κ2) is 6.64. The highest BCUT2D eigenvalue weighted by atomic mass is 32.2. The van der Waals surface area contributed by atoms with Gasteiger partial charge >= 0.3 is 0 Å². The number of hydrogen-bond acceptors (Lipinski definition) is 5. The minimum Gasteiger partial charge on any atom is -0.347 e. The summed E-state index contributed by atoms with van der Waals surface area (Å²) >= 11 is 0. The van der Waals surface area contributed by atoms with E-state index in [1.807, 2.05) is 34.0 Å². The number of aryl methyl sites for hydroxylation is 3. The van der Waals surface area contributed by atoms with Crippen LogP contribution in [0.1, 0.15) is 22.5 Å². The number of nitrogens with one attached hydrogen (secondary N) is 1. The summed E-state index contributed by atoms with van der Waals surface area (Å²) in [5.74, 6) is 0.561. The molecule has 1 N–H and O–H groups in total. The van der Waals surface area contributed by atoms with Crippen molar-refractivity contribution in [2.75, 3.05) is 19.0 Å². The van der Waals surface area contributed by atoms with Crippen molar-refractivity contribution in [2.45, 2.75) is 32.2 Å². The lowest BCUT2D eigenvalue weighted by Crippen LogP contribution is -2.25. The van der Waals surface area contributed by atoms with E-state index in [1.165, 1.54) is 0 Å². The molecular weight excluding hydrogens is 312 g/mol. The first kappa shape index (κ1) is 17.4. The van der Waals surface area contributed by atoms with E-state index in [0.717, 1.165) is 16.8 Å². The summed E-state index contributed by atoms with van der Waals surface area (Å²) in [5.41, 5.74) is 3.19. The van der Waals surface area contributed by atoms with Gasteiger partial charge in [-0.2, -0.15) is 0 Å². The topological polar surface area (TPSA) is 75.2 Å². The Labute approximate surface area is 137 Å². The summed E-state index contributed by atoms with van der Waals surface area (Å²) in [6.07, 6.45) is 0. The maximum atomic E-state index is 12.5. The maximum Gasteiger partial charge on any atom is 0.241 e. The second-order valence-corrected chi connectivity index (χ2v) is 7.52. The Hall–Kier alpha value is -1.99. The summed E-state index contributed by atoms with van der Waals surface area (Å²) < 4.78 is 27.6. The molecular formula is C16H22N4O2S. The fraction of sp³-hybridized carbons (Fsp3) is 0.375. The van der Waals surface area contributed by atoms with Gasteiger partial charge in [-0.05, 0) is 38.5 Å². The van der Waals surface area contributed by atoms with Gasteiger partial charge in [0.25, 0.3) is 0 Å². The molecule has 0 radical (unpaired) electrons. The molecule has 0 aliphatic rings. The largest absolute Gasteiger partial charge is 0.347 e. The average Bonchev–Trinajstić information content (AvgIpc) is 2.44. The number of aromatic nitrogens is 2. The van der Waals surface area contributed by atoms with Crippen molar-refractivity contribution in [3.05, 3.63) is 46.8 Å². The average molecular weight is 334 g/mol. The van der Waals surface area contributed by atoms with Gasteiger partial charge in [0.15, 0.2) is 0 Å². The normalized spacial score (nSPS) is 11.5. The fourth-order valence-electron chi connectivity index (χ4n) is 2.25. The van der Waals surface area contributed by atoms with E-state index in [9.17, 15) is 8.42 Å². The maximum absolute atomic E-state index is 12.5. The monoisotopic (exact) mass is 334 g/mol. The van der Waals surface area contributed by atoms with Gasteiger partial charge in [0, 0.05) is 19.8 Å². The molecule has 1 aromatic carbocycles. The van der Waals surface area contributed by atoms with Gasteiger partial charge in [0.2, 0.25) is 16.0 Å². The Morgan fingerprint density at radius 2 is 1.78 bits per heavy atom. The van der Waals surface area contributed by atoms with Crippen LogP contribution in [0.5, 0.6) is 0 Å². The van der Waals surface area contributed by atoms with E-state index in [4.69, 9.17) is 0 Å². The van der Waals surface area contributed by atoms with E-state index < -0.39 is 10.0 Å².